The molecule has 0 bridgehead atoms. The summed E-state index contributed by atoms with van der Waals surface area (Å²) in [6, 6.07) is 0. The Balaban J connectivity index is -0.000000165. The van der Waals surface area contributed by atoms with Crippen molar-refractivity contribution >= 4 is 23.9 Å². The minimum absolute atomic E-state index is 0. The van der Waals surface area contributed by atoms with E-state index in [0.29, 0.717) is 0 Å². The third-order valence-electron chi connectivity index (χ3n) is 1.28. The first-order valence-electron chi connectivity index (χ1n) is 4.06. The molecule has 10 nitrogen and oxygen atoms in total. The number of aliphatic hydroxyl groups is 1. The number of carboxylic acid groups (broad SMARTS) is 4. The fraction of sp³-hybridized carbons (Fsp3) is 0.500. The van der Waals surface area contributed by atoms with Crippen LogP contribution in [0, 0.1) is 0 Å². The maximum atomic E-state index is 10.3. The number of hydrogen-bond donors (Lipinski definition) is 4. The predicted molar refractivity (Wildman–Crippen MR) is 51.1 cm³/mol. The molecule has 1 unspecified atom stereocenters. The molecule has 0 aromatic rings. The molecule has 0 heterocycles. The Morgan fingerprint density at radius 1 is 1.05 bits per heavy atom. The minimum atomic E-state index is -2.80. The van der Waals surface area contributed by atoms with Gasteiger partial charge in [-0.3, -0.25) is 4.79 Å². The van der Waals surface area contributed by atoms with Gasteiger partial charge in [0.1, 0.15) is 0 Å². The molecule has 0 aliphatic heterocycles. The van der Waals surface area contributed by atoms with Gasteiger partial charge in [-0.05, 0) is 6.92 Å². The van der Waals surface area contributed by atoms with Crippen LogP contribution < -0.4 is 45.9 Å². The average molecular weight is 291 g/mol. The van der Waals surface area contributed by atoms with Gasteiger partial charge in [0.15, 0.2) is 5.60 Å². The fourth-order valence-electron chi connectivity index (χ4n) is 0.703. The van der Waals surface area contributed by atoms with Gasteiger partial charge in [0.05, 0.1) is 6.42 Å². The number of hydrogen-bond acceptors (Lipinski definition) is 7. The van der Waals surface area contributed by atoms with Crippen LogP contribution in [0.25, 0.3) is 0 Å². The molecule has 0 saturated heterocycles. The van der Waals surface area contributed by atoms with Crippen molar-refractivity contribution in [2.45, 2.75) is 25.4 Å². The third-order valence-corrected chi connectivity index (χ3v) is 1.28. The number of aliphatic carboxylic acids is 4. The van der Waals surface area contributed by atoms with Crippen LogP contribution in [0.5, 0.6) is 0 Å². The maximum absolute atomic E-state index is 10.3. The molecule has 1 atom stereocenters. The van der Waals surface area contributed by atoms with Crippen LogP contribution in [0.1, 0.15) is 19.8 Å². The maximum Gasteiger partial charge on any atom is 1.00 e. The van der Waals surface area contributed by atoms with Gasteiger partial charge < -0.3 is 41.3 Å². The van der Waals surface area contributed by atoms with E-state index in [4.69, 9.17) is 25.2 Å². The second-order valence-corrected chi connectivity index (χ2v) is 2.95. The molecule has 0 aliphatic rings. The Morgan fingerprint density at radius 2 is 1.37 bits per heavy atom. The molecule has 0 fully saturated rings. The Labute approximate surface area is 129 Å². The van der Waals surface area contributed by atoms with Crippen LogP contribution in [-0.4, -0.2) is 44.8 Å². The molecule has 106 valence electrons. The minimum Gasteiger partial charge on any atom is -0.550 e. The number of carbonyl (C=O) groups is 4. The SMILES string of the molecule is CC(=O)[O-].O=C([O-])CC(O)(CC(=O)O)C(=O)O.[NH4+].[Na+]. The first-order chi connectivity index (χ1) is 7.51. The quantitative estimate of drug-likeness (QED) is 0.354. The molecular weight excluding hydrogens is 277 g/mol. The monoisotopic (exact) mass is 291 g/mol. The smallest absolute Gasteiger partial charge is 0.550 e. The molecule has 0 aromatic heterocycles. The van der Waals surface area contributed by atoms with Crippen molar-refractivity contribution in [2.75, 3.05) is 0 Å². The van der Waals surface area contributed by atoms with Gasteiger partial charge >= 0.3 is 41.5 Å². The van der Waals surface area contributed by atoms with Crippen LogP contribution in [0.4, 0.5) is 0 Å². The standard InChI is InChI=1S/C6H8O7.C2H4O2.H3N.Na/c7-3(8)1-6(13,5(11)12)2-4(9)10;1-2(3)4;;/h13H,1-2H2,(H,7,8)(H,9,10)(H,11,12);1H3,(H,3,4);1H3;/q;;;+1/p-1. The van der Waals surface area contributed by atoms with Crippen LogP contribution in [-0.2, 0) is 19.2 Å². The average Bonchev–Trinajstić information content (AvgIpc) is 1.98. The van der Waals surface area contributed by atoms with Crippen molar-refractivity contribution in [2.24, 2.45) is 0 Å². The van der Waals surface area contributed by atoms with Crippen LogP contribution in [0.15, 0.2) is 0 Å². The van der Waals surface area contributed by atoms with Crippen LogP contribution in [0.2, 0.25) is 0 Å². The van der Waals surface area contributed by atoms with E-state index in [9.17, 15) is 19.5 Å². The molecule has 7 N–H and O–H groups in total. The zero-order chi connectivity index (χ0) is 14.2. The van der Waals surface area contributed by atoms with E-state index in [1.165, 1.54) is 0 Å². The Morgan fingerprint density at radius 3 is 1.53 bits per heavy atom. The zero-order valence-electron chi connectivity index (χ0n) is 10.7. The van der Waals surface area contributed by atoms with E-state index in [-0.39, 0.29) is 35.7 Å². The summed E-state index contributed by atoms with van der Waals surface area (Å²) in [6.45, 7) is 0.972. The van der Waals surface area contributed by atoms with E-state index < -0.39 is 42.3 Å². The second kappa shape index (κ2) is 11.9. The summed E-state index contributed by atoms with van der Waals surface area (Å²) < 4.78 is 0. The molecule has 0 aromatic carbocycles. The van der Waals surface area contributed by atoms with Gasteiger partial charge in [-0.15, -0.1) is 0 Å². The van der Waals surface area contributed by atoms with Crippen LogP contribution >= 0.6 is 0 Å². The largest absolute Gasteiger partial charge is 1.00 e. The van der Waals surface area contributed by atoms with Crippen molar-refractivity contribution in [1.82, 2.24) is 6.15 Å². The number of quaternary nitrogens is 1. The fourth-order valence-corrected chi connectivity index (χ4v) is 0.703. The second-order valence-electron chi connectivity index (χ2n) is 2.95. The number of carboxylic acids is 4. The predicted octanol–water partition coefficient (Wildman–Crippen LogP) is -6.45. The van der Waals surface area contributed by atoms with E-state index in [0.717, 1.165) is 6.92 Å². The van der Waals surface area contributed by atoms with Crippen molar-refractivity contribution in [3.8, 4) is 0 Å². The van der Waals surface area contributed by atoms with Gasteiger partial charge in [0.25, 0.3) is 0 Å². The summed E-state index contributed by atoms with van der Waals surface area (Å²) >= 11 is 0. The van der Waals surface area contributed by atoms with Crippen molar-refractivity contribution in [3.05, 3.63) is 0 Å². The Bertz CT molecular complexity index is 310. The van der Waals surface area contributed by atoms with E-state index in [2.05, 4.69) is 0 Å². The van der Waals surface area contributed by atoms with Crippen molar-refractivity contribution < 1.29 is 74.3 Å². The molecule has 0 amide bonds. The molecular formula is C8H14NNaO9. The molecule has 0 saturated carbocycles. The van der Waals surface area contributed by atoms with E-state index in [1.807, 2.05) is 0 Å². The van der Waals surface area contributed by atoms with Gasteiger partial charge in [-0.2, -0.15) is 0 Å². The summed E-state index contributed by atoms with van der Waals surface area (Å²) in [6.07, 6.45) is -2.44. The van der Waals surface area contributed by atoms with Gasteiger partial charge in [0, 0.05) is 18.4 Å². The Kier molecular flexibility index (Phi) is 16.5. The van der Waals surface area contributed by atoms with Crippen molar-refractivity contribution in [3.63, 3.8) is 0 Å². The molecule has 0 spiro atoms. The number of rotatable bonds is 5. The summed E-state index contributed by atoms with van der Waals surface area (Å²) in [5.41, 5.74) is -2.80. The zero-order valence-corrected chi connectivity index (χ0v) is 12.7. The number of carbonyl (C=O) groups excluding carboxylic acids is 2. The third kappa shape index (κ3) is 16.8. The summed E-state index contributed by atoms with van der Waals surface area (Å²) in [7, 11) is 0. The molecule has 0 radical (unpaired) electrons. The topological polar surface area (TPSA) is 212 Å². The summed E-state index contributed by atoms with van der Waals surface area (Å²) in [5, 5.41) is 44.4. The normalized spacial score (nSPS) is 11.3. The van der Waals surface area contributed by atoms with Crippen LogP contribution in [0.3, 0.4) is 0 Å². The van der Waals surface area contributed by atoms with E-state index >= 15 is 0 Å². The Hall–Kier alpha value is -1.20. The molecule has 19 heavy (non-hydrogen) atoms. The molecule has 0 aliphatic carbocycles. The first-order valence-corrected chi connectivity index (χ1v) is 4.06. The molecule has 11 heteroatoms. The summed E-state index contributed by atoms with van der Waals surface area (Å²) in [4.78, 5) is 39.2. The van der Waals surface area contributed by atoms with Gasteiger partial charge in [0.2, 0.25) is 0 Å². The molecule has 0 rings (SSSR count). The van der Waals surface area contributed by atoms with Gasteiger partial charge in [-0.25, -0.2) is 4.79 Å². The van der Waals surface area contributed by atoms with E-state index in [1.54, 1.807) is 0 Å². The first kappa shape index (κ1) is 26.4. The van der Waals surface area contributed by atoms with Gasteiger partial charge in [-0.1, -0.05) is 0 Å². The summed E-state index contributed by atoms with van der Waals surface area (Å²) in [5.74, 6) is -6.42. The van der Waals surface area contributed by atoms with Crippen molar-refractivity contribution in [1.29, 1.82) is 0 Å².